The third-order valence-electron chi connectivity index (χ3n) is 5.55. The van der Waals surface area contributed by atoms with E-state index >= 15 is 0 Å². The normalized spacial score (nSPS) is 18.1. The molecule has 1 fully saturated rings. The summed E-state index contributed by atoms with van der Waals surface area (Å²) in [5, 5.41) is 11.0. The molecule has 0 amide bonds. The van der Waals surface area contributed by atoms with Gasteiger partial charge in [0, 0.05) is 31.6 Å². The zero-order valence-corrected chi connectivity index (χ0v) is 17.5. The number of rotatable bonds is 7. The number of furan rings is 1. The summed E-state index contributed by atoms with van der Waals surface area (Å²) in [5.74, 6) is 2.98. The van der Waals surface area contributed by atoms with Crippen LogP contribution in [0.3, 0.4) is 0 Å². The fourth-order valence-electron chi connectivity index (χ4n) is 4.08. The smallest absolute Gasteiger partial charge is 0.191 e. The Morgan fingerprint density at radius 3 is 2.57 bits per heavy atom. The van der Waals surface area contributed by atoms with Crippen molar-refractivity contribution >= 4 is 5.96 Å². The second-order valence-electron chi connectivity index (χ2n) is 7.60. The molecule has 2 unspecified atom stereocenters. The van der Waals surface area contributed by atoms with Gasteiger partial charge in [-0.3, -0.25) is 9.89 Å². The van der Waals surface area contributed by atoms with Gasteiger partial charge in [-0.2, -0.15) is 0 Å². The third kappa shape index (κ3) is 4.95. The molecule has 0 bridgehead atoms. The van der Waals surface area contributed by atoms with Gasteiger partial charge in [0.1, 0.15) is 11.5 Å². The van der Waals surface area contributed by atoms with Gasteiger partial charge >= 0.3 is 0 Å². The lowest BCUT2D eigenvalue weighted by atomic mass is 10.00. The fourth-order valence-corrected chi connectivity index (χ4v) is 4.08. The maximum atomic E-state index is 5.73. The highest BCUT2D eigenvalue weighted by Crippen LogP contribution is 2.25. The summed E-state index contributed by atoms with van der Waals surface area (Å²) in [6, 6.07) is 4.25. The molecule has 3 heterocycles. The highest BCUT2D eigenvalue weighted by Gasteiger charge is 2.25. The molecule has 0 radical (unpaired) electrons. The number of nitrogens with zero attached hydrogens (tertiary/aromatic N) is 3. The molecule has 2 N–H and O–H groups in total. The van der Waals surface area contributed by atoms with E-state index in [-0.39, 0.29) is 12.0 Å². The van der Waals surface area contributed by atoms with E-state index in [2.05, 4.69) is 38.7 Å². The predicted molar refractivity (Wildman–Crippen MR) is 111 cm³/mol. The van der Waals surface area contributed by atoms with Crippen molar-refractivity contribution in [2.24, 2.45) is 4.99 Å². The maximum Gasteiger partial charge on any atom is 0.191 e. The van der Waals surface area contributed by atoms with Gasteiger partial charge < -0.3 is 19.6 Å². The molecule has 2 aromatic rings. The van der Waals surface area contributed by atoms with E-state index in [0.29, 0.717) is 0 Å². The van der Waals surface area contributed by atoms with Gasteiger partial charge in [0.25, 0.3) is 0 Å². The first kappa shape index (κ1) is 20.5. The molecule has 1 aliphatic rings. The number of aryl methyl sites for hydroxylation is 2. The molecule has 1 saturated heterocycles. The van der Waals surface area contributed by atoms with E-state index < -0.39 is 0 Å². The second kappa shape index (κ2) is 9.78. The highest BCUT2D eigenvalue weighted by molar-refractivity contribution is 5.79. The number of likely N-dealkylation sites (tertiary alicyclic amines) is 1. The number of hydrogen-bond acceptors (Lipinski definition) is 5. The van der Waals surface area contributed by atoms with Crippen LogP contribution in [0, 0.1) is 13.8 Å². The number of guanidine groups is 1. The Balaban J connectivity index is 1.57. The quantitative estimate of drug-likeness (QED) is 0.560. The van der Waals surface area contributed by atoms with Crippen molar-refractivity contribution in [1.29, 1.82) is 0 Å². The zero-order valence-electron chi connectivity index (χ0n) is 17.5. The van der Waals surface area contributed by atoms with Crippen LogP contribution in [0.2, 0.25) is 0 Å². The topological polar surface area (TPSA) is 78.8 Å². The molecule has 3 rings (SSSR count). The van der Waals surface area contributed by atoms with Crippen LogP contribution in [0.5, 0.6) is 0 Å². The molecular weight excluding hydrogens is 354 g/mol. The molecule has 7 heteroatoms. The minimum Gasteiger partial charge on any atom is -0.468 e. The summed E-state index contributed by atoms with van der Waals surface area (Å²) < 4.78 is 11.0. The largest absolute Gasteiger partial charge is 0.468 e. The van der Waals surface area contributed by atoms with Gasteiger partial charge in [-0.05, 0) is 51.9 Å². The average molecular weight is 388 g/mol. The number of nitrogens with one attached hydrogen (secondary N) is 2. The zero-order chi connectivity index (χ0) is 19.9. The Kier molecular flexibility index (Phi) is 7.14. The van der Waals surface area contributed by atoms with Crippen LogP contribution in [-0.4, -0.2) is 49.2 Å². The van der Waals surface area contributed by atoms with Crippen molar-refractivity contribution in [2.45, 2.75) is 52.0 Å². The Morgan fingerprint density at radius 1 is 1.21 bits per heavy atom. The number of aromatic nitrogens is 1. The lowest BCUT2D eigenvalue weighted by Gasteiger charge is -2.33. The highest BCUT2D eigenvalue weighted by atomic mass is 16.5. The summed E-state index contributed by atoms with van der Waals surface area (Å²) in [5.41, 5.74) is 2.13. The van der Waals surface area contributed by atoms with Crippen molar-refractivity contribution < 1.29 is 8.94 Å². The molecule has 0 saturated carbocycles. The molecule has 28 heavy (non-hydrogen) atoms. The van der Waals surface area contributed by atoms with Gasteiger partial charge in [-0.1, -0.05) is 18.5 Å². The Bertz CT molecular complexity index is 727. The van der Waals surface area contributed by atoms with E-state index in [0.717, 1.165) is 49.4 Å². The molecule has 1 aliphatic heterocycles. The van der Waals surface area contributed by atoms with E-state index in [1.54, 1.807) is 13.3 Å². The summed E-state index contributed by atoms with van der Waals surface area (Å²) in [6.07, 6.45) is 5.57. The van der Waals surface area contributed by atoms with Crippen molar-refractivity contribution in [1.82, 2.24) is 20.7 Å². The van der Waals surface area contributed by atoms with Gasteiger partial charge in [0.2, 0.25) is 0 Å². The van der Waals surface area contributed by atoms with E-state index in [1.807, 2.05) is 19.9 Å². The van der Waals surface area contributed by atoms with Gasteiger partial charge in [-0.25, -0.2) is 0 Å². The molecule has 2 aromatic heterocycles. The van der Waals surface area contributed by atoms with E-state index in [9.17, 15) is 0 Å². The van der Waals surface area contributed by atoms with Crippen LogP contribution in [0.25, 0.3) is 0 Å². The van der Waals surface area contributed by atoms with E-state index in [4.69, 9.17) is 8.94 Å². The second-order valence-corrected chi connectivity index (χ2v) is 7.60. The molecule has 0 spiro atoms. The van der Waals surface area contributed by atoms with E-state index in [1.165, 1.54) is 24.8 Å². The summed E-state index contributed by atoms with van der Waals surface area (Å²) in [7, 11) is 1.80. The van der Waals surface area contributed by atoms with Crippen LogP contribution < -0.4 is 10.6 Å². The predicted octanol–water partition coefficient (Wildman–Crippen LogP) is 3.38. The number of aliphatic imine (C=N–C) groups is 1. The van der Waals surface area contributed by atoms with Crippen LogP contribution in [0.4, 0.5) is 0 Å². The number of hydrogen-bond donors (Lipinski definition) is 2. The van der Waals surface area contributed by atoms with Gasteiger partial charge in [0.15, 0.2) is 5.96 Å². The van der Waals surface area contributed by atoms with Crippen molar-refractivity contribution in [3.63, 3.8) is 0 Å². The first-order chi connectivity index (χ1) is 13.6. The van der Waals surface area contributed by atoms with Gasteiger partial charge in [-0.15, -0.1) is 0 Å². The third-order valence-corrected chi connectivity index (χ3v) is 5.55. The summed E-state index contributed by atoms with van der Waals surface area (Å²) >= 11 is 0. The Hall–Kier alpha value is -2.28. The van der Waals surface area contributed by atoms with Crippen LogP contribution in [-0.2, 0) is 0 Å². The molecule has 2 atom stereocenters. The molecule has 0 aliphatic carbocycles. The molecule has 7 nitrogen and oxygen atoms in total. The maximum absolute atomic E-state index is 5.73. The summed E-state index contributed by atoms with van der Waals surface area (Å²) in [4.78, 5) is 6.90. The SMILES string of the molecule is CN=C(NCC(C)c1c(C)noc1C)NCC(c1ccco1)N1CCCCC1. The number of piperidine rings is 1. The fraction of sp³-hybridized carbons (Fsp3) is 0.619. The van der Waals surface area contributed by atoms with Crippen molar-refractivity contribution in [3.05, 3.63) is 41.2 Å². The van der Waals surface area contributed by atoms with Crippen molar-refractivity contribution in [3.8, 4) is 0 Å². The van der Waals surface area contributed by atoms with Crippen LogP contribution in [0.1, 0.15) is 60.9 Å². The van der Waals surface area contributed by atoms with Crippen LogP contribution in [0.15, 0.2) is 32.3 Å². The van der Waals surface area contributed by atoms with Gasteiger partial charge in [0.05, 0.1) is 18.0 Å². The van der Waals surface area contributed by atoms with Crippen molar-refractivity contribution in [2.75, 3.05) is 33.2 Å². The lowest BCUT2D eigenvalue weighted by molar-refractivity contribution is 0.146. The minimum atomic E-state index is 0.217. The van der Waals surface area contributed by atoms with Crippen LogP contribution >= 0.6 is 0 Å². The first-order valence-corrected chi connectivity index (χ1v) is 10.2. The molecular formula is C21H33N5O2. The monoisotopic (exact) mass is 387 g/mol. The average Bonchev–Trinajstić information content (AvgIpc) is 3.35. The minimum absolute atomic E-state index is 0.217. The Labute approximate surface area is 167 Å². The Morgan fingerprint density at radius 2 is 1.96 bits per heavy atom. The standard InChI is InChI=1S/C21H33N5O2/c1-15(20-16(2)25-28-17(20)3)13-23-21(22-4)24-14-18(19-9-8-12-27-19)26-10-6-5-7-11-26/h8-9,12,15,18H,5-7,10-11,13-14H2,1-4H3,(H2,22,23,24). The lowest BCUT2D eigenvalue weighted by Crippen LogP contribution is -2.45. The summed E-state index contributed by atoms with van der Waals surface area (Å²) in [6.45, 7) is 9.87. The first-order valence-electron chi connectivity index (χ1n) is 10.2. The molecule has 0 aromatic carbocycles. The molecule has 154 valence electrons.